The summed E-state index contributed by atoms with van der Waals surface area (Å²) in [6.07, 6.45) is 2.36. The van der Waals surface area contributed by atoms with Crippen LogP contribution in [0, 0.1) is 0 Å². The number of hydrogen-bond donors (Lipinski definition) is 2. The van der Waals surface area contributed by atoms with Crippen LogP contribution in [0.3, 0.4) is 0 Å². The number of H-pyrrole nitrogens is 1. The molecule has 0 spiro atoms. The zero-order valence-electron chi connectivity index (χ0n) is 7.77. The number of nitrogens with zero attached hydrogens (tertiary/aromatic N) is 3. The Balaban J connectivity index is 2.26. The van der Waals surface area contributed by atoms with E-state index in [1.165, 1.54) is 17.7 Å². The first-order valence-corrected chi connectivity index (χ1v) is 5.26. The van der Waals surface area contributed by atoms with Crippen LogP contribution in [0.15, 0.2) is 11.7 Å². The number of hydrogen-bond acceptors (Lipinski definition) is 5. The van der Waals surface area contributed by atoms with Crippen LogP contribution in [0.4, 0.5) is 0 Å². The molecule has 5 nitrogen and oxygen atoms in total. The van der Waals surface area contributed by atoms with Gasteiger partial charge in [0.25, 0.3) is 0 Å². The van der Waals surface area contributed by atoms with Crippen molar-refractivity contribution >= 4 is 11.3 Å². The van der Waals surface area contributed by atoms with E-state index in [9.17, 15) is 0 Å². The third-order valence-electron chi connectivity index (χ3n) is 1.96. The molecule has 1 unspecified atom stereocenters. The van der Waals surface area contributed by atoms with Gasteiger partial charge < -0.3 is 5.73 Å². The second-order valence-electron chi connectivity index (χ2n) is 2.93. The van der Waals surface area contributed by atoms with Crippen LogP contribution >= 0.6 is 11.3 Å². The maximum Gasteiger partial charge on any atom is 0.184 e. The third kappa shape index (κ3) is 1.66. The van der Waals surface area contributed by atoms with Gasteiger partial charge in [-0.2, -0.15) is 5.10 Å². The maximum absolute atomic E-state index is 5.86. The molecule has 2 heterocycles. The number of thiazole rings is 1. The highest BCUT2D eigenvalue weighted by molar-refractivity contribution is 7.13. The summed E-state index contributed by atoms with van der Waals surface area (Å²) >= 11 is 1.53. The van der Waals surface area contributed by atoms with Crippen LogP contribution in [0.5, 0.6) is 0 Å². The van der Waals surface area contributed by atoms with Gasteiger partial charge in [-0.25, -0.2) is 9.97 Å². The van der Waals surface area contributed by atoms with Crippen LogP contribution in [-0.4, -0.2) is 20.2 Å². The quantitative estimate of drug-likeness (QED) is 0.799. The highest BCUT2D eigenvalue weighted by Crippen LogP contribution is 2.23. The Morgan fingerprint density at radius 2 is 2.50 bits per heavy atom. The van der Waals surface area contributed by atoms with E-state index in [1.54, 1.807) is 0 Å². The first kappa shape index (κ1) is 9.29. The molecule has 0 aliphatic rings. The Kier molecular flexibility index (Phi) is 2.55. The normalized spacial score (nSPS) is 13.0. The zero-order valence-corrected chi connectivity index (χ0v) is 8.58. The molecule has 0 fully saturated rings. The SMILES string of the molecule is CCC(N)c1csc(-c2ncn[nH]2)n1. The van der Waals surface area contributed by atoms with E-state index in [1.807, 2.05) is 12.3 Å². The molecular weight excluding hydrogens is 198 g/mol. The molecule has 0 saturated carbocycles. The van der Waals surface area contributed by atoms with Crippen molar-refractivity contribution in [1.82, 2.24) is 20.2 Å². The van der Waals surface area contributed by atoms with Crippen LogP contribution in [-0.2, 0) is 0 Å². The summed E-state index contributed by atoms with van der Waals surface area (Å²) in [4.78, 5) is 8.41. The van der Waals surface area contributed by atoms with Crippen molar-refractivity contribution in [2.45, 2.75) is 19.4 Å². The lowest BCUT2D eigenvalue weighted by Gasteiger charge is -2.02. The fraction of sp³-hybridized carbons (Fsp3) is 0.375. The molecule has 74 valence electrons. The van der Waals surface area contributed by atoms with Crippen molar-refractivity contribution in [3.63, 3.8) is 0 Å². The summed E-state index contributed by atoms with van der Waals surface area (Å²) in [5, 5.41) is 9.34. The van der Waals surface area contributed by atoms with Gasteiger partial charge in [0.2, 0.25) is 0 Å². The fourth-order valence-corrected chi connectivity index (χ4v) is 1.91. The monoisotopic (exact) mass is 209 g/mol. The summed E-state index contributed by atoms with van der Waals surface area (Å²) < 4.78 is 0. The highest BCUT2D eigenvalue weighted by Gasteiger charge is 2.10. The minimum atomic E-state index is 0.0166. The minimum absolute atomic E-state index is 0.0166. The summed E-state index contributed by atoms with van der Waals surface area (Å²) in [6, 6.07) is 0.0166. The Morgan fingerprint density at radius 1 is 1.64 bits per heavy atom. The molecule has 2 aromatic rings. The average Bonchev–Trinajstić information content (AvgIpc) is 2.86. The van der Waals surface area contributed by atoms with E-state index in [0.717, 1.165) is 17.1 Å². The number of rotatable bonds is 3. The highest BCUT2D eigenvalue weighted by atomic mass is 32.1. The molecule has 0 amide bonds. The summed E-state index contributed by atoms with van der Waals surface area (Å²) in [6.45, 7) is 2.04. The van der Waals surface area contributed by atoms with Crippen LogP contribution in [0.2, 0.25) is 0 Å². The Morgan fingerprint density at radius 3 is 3.14 bits per heavy atom. The molecule has 2 aromatic heterocycles. The van der Waals surface area contributed by atoms with Gasteiger partial charge in [0.15, 0.2) is 10.8 Å². The molecule has 1 atom stereocenters. The zero-order chi connectivity index (χ0) is 9.97. The molecule has 0 aliphatic heterocycles. The van der Waals surface area contributed by atoms with Gasteiger partial charge in [-0.3, -0.25) is 5.10 Å². The van der Waals surface area contributed by atoms with Gasteiger partial charge >= 0.3 is 0 Å². The van der Waals surface area contributed by atoms with Gasteiger partial charge in [0, 0.05) is 11.4 Å². The molecule has 0 bridgehead atoms. The number of aromatic amines is 1. The van der Waals surface area contributed by atoms with E-state index in [-0.39, 0.29) is 6.04 Å². The summed E-state index contributed by atoms with van der Waals surface area (Å²) in [5.74, 6) is 0.699. The first-order valence-electron chi connectivity index (χ1n) is 4.38. The molecule has 2 rings (SSSR count). The summed E-state index contributed by atoms with van der Waals surface area (Å²) in [7, 11) is 0. The lowest BCUT2D eigenvalue weighted by atomic mass is 10.2. The predicted molar refractivity (Wildman–Crippen MR) is 54.7 cm³/mol. The molecule has 14 heavy (non-hydrogen) atoms. The first-order chi connectivity index (χ1) is 6.81. The van der Waals surface area contributed by atoms with E-state index in [4.69, 9.17) is 5.73 Å². The molecule has 0 radical (unpaired) electrons. The lowest BCUT2D eigenvalue weighted by Crippen LogP contribution is -2.08. The lowest BCUT2D eigenvalue weighted by molar-refractivity contribution is 0.681. The van der Waals surface area contributed by atoms with Crippen LogP contribution in [0.25, 0.3) is 10.8 Å². The molecule has 0 saturated heterocycles. The van der Waals surface area contributed by atoms with Crippen molar-refractivity contribution in [2.75, 3.05) is 0 Å². The predicted octanol–water partition coefficient (Wildman–Crippen LogP) is 1.34. The Bertz CT molecular complexity index is 394. The fourth-order valence-electron chi connectivity index (χ4n) is 1.08. The van der Waals surface area contributed by atoms with Crippen molar-refractivity contribution < 1.29 is 0 Å². The van der Waals surface area contributed by atoms with Gasteiger partial charge in [0.1, 0.15) is 6.33 Å². The largest absolute Gasteiger partial charge is 0.323 e. The average molecular weight is 209 g/mol. The third-order valence-corrected chi connectivity index (χ3v) is 2.83. The summed E-state index contributed by atoms with van der Waals surface area (Å²) in [5.41, 5.74) is 6.78. The molecule has 3 N–H and O–H groups in total. The molecule has 6 heteroatoms. The van der Waals surface area contributed by atoms with Crippen molar-refractivity contribution in [1.29, 1.82) is 0 Å². The minimum Gasteiger partial charge on any atom is -0.323 e. The molecule has 0 aliphatic carbocycles. The van der Waals surface area contributed by atoms with Crippen molar-refractivity contribution in [3.05, 3.63) is 17.4 Å². The maximum atomic E-state index is 5.86. The standard InChI is InChI=1S/C8H11N5S/c1-2-5(9)6-3-14-8(12-6)7-10-4-11-13-7/h3-5H,2,9H2,1H3,(H,10,11,13). The molecular formula is C8H11N5S. The van der Waals surface area contributed by atoms with Crippen molar-refractivity contribution in [3.8, 4) is 10.8 Å². The topological polar surface area (TPSA) is 80.5 Å². The number of nitrogens with one attached hydrogen (secondary N) is 1. The molecule has 0 aromatic carbocycles. The smallest absolute Gasteiger partial charge is 0.184 e. The van der Waals surface area contributed by atoms with E-state index < -0.39 is 0 Å². The van der Waals surface area contributed by atoms with Gasteiger partial charge in [-0.1, -0.05) is 6.92 Å². The number of nitrogens with two attached hydrogens (primary N) is 1. The van der Waals surface area contributed by atoms with Crippen LogP contribution in [0.1, 0.15) is 25.1 Å². The van der Waals surface area contributed by atoms with Gasteiger partial charge in [-0.05, 0) is 6.42 Å². The van der Waals surface area contributed by atoms with Crippen LogP contribution < -0.4 is 5.73 Å². The number of aromatic nitrogens is 4. The van der Waals surface area contributed by atoms with Gasteiger partial charge in [-0.15, -0.1) is 11.3 Å². The second-order valence-corrected chi connectivity index (χ2v) is 3.78. The van der Waals surface area contributed by atoms with Gasteiger partial charge in [0.05, 0.1) is 5.69 Å². The van der Waals surface area contributed by atoms with E-state index in [2.05, 4.69) is 20.2 Å². The second kappa shape index (κ2) is 3.85. The Labute approximate surface area is 85.4 Å². The Hall–Kier alpha value is -1.27. The van der Waals surface area contributed by atoms with E-state index in [0.29, 0.717) is 5.82 Å². The van der Waals surface area contributed by atoms with E-state index >= 15 is 0 Å². The van der Waals surface area contributed by atoms with Crippen molar-refractivity contribution in [2.24, 2.45) is 5.73 Å².